The fourth-order valence-corrected chi connectivity index (χ4v) is 2.85. The van der Waals surface area contributed by atoms with Gasteiger partial charge >= 0.3 is 0 Å². The van der Waals surface area contributed by atoms with Crippen LogP contribution in [0.4, 0.5) is 0 Å². The number of allylic oxidation sites excluding steroid dienone is 2. The molecule has 2 aliphatic rings. The van der Waals surface area contributed by atoms with Gasteiger partial charge in [-0.2, -0.15) is 0 Å². The van der Waals surface area contributed by atoms with Crippen molar-refractivity contribution in [3.05, 3.63) is 34.9 Å². The molecule has 1 aliphatic carbocycles. The number of unbranched alkanes of at least 4 members (excludes halogenated alkanes) is 1. The summed E-state index contributed by atoms with van der Waals surface area (Å²) in [5.74, 6) is -6.97. The zero-order chi connectivity index (χ0) is 29.5. The van der Waals surface area contributed by atoms with Crippen LogP contribution in [-0.2, 0) is 6.37 Å². The van der Waals surface area contributed by atoms with Gasteiger partial charge in [0.05, 0.1) is 1.37 Å². The molecule has 0 fully saturated rings. The number of ether oxygens (including phenoxy) is 1. The van der Waals surface area contributed by atoms with Crippen molar-refractivity contribution in [3.8, 4) is 11.5 Å². The summed E-state index contributed by atoms with van der Waals surface area (Å²) in [5, 5.41) is 11.1. The minimum atomic E-state index is -3.71. The molecule has 1 aromatic carbocycles. The molecular weight excluding hydrogens is 284 g/mol. The monoisotopic (exact) mass is 329 g/mol. The molecule has 0 aromatic heterocycles. The van der Waals surface area contributed by atoms with Gasteiger partial charge in [0.2, 0.25) is 0 Å². The first-order valence-electron chi connectivity index (χ1n) is 15.2. The van der Waals surface area contributed by atoms with Crippen LogP contribution in [0.3, 0.4) is 0 Å². The summed E-state index contributed by atoms with van der Waals surface area (Å²) in [5.41, 5.74) is -5.08. The van der Waals surface area contributed by atoms with Crippen molar-refractivity contribution < 1.29 is 30.4 Å². The van der Waals surface area contributed by atoms with Crippen LogP contribution in [0, 0.1) is 5.89 Å². The molecule has 1 aliphatic heterocycles. The molecule has 2 nitrogen and oxygen atoms in total. The Hall–Kier alpha value is -1.44. The van der Waals surface area contributed by atoms with Gasteiger partial charge in [0.15, 0.2) is 0 Å². The smallest absolute Gasteiger partial charge is 0.127 e. The Kier molecular flexibility index (Phi) is 1.66. The number of hydrogen-bond acceptors (Lipinski definition) is 2. The number of benzene rings is 1. The normalized spacial score (nSPS) is 42.8. The van der Waals surface area contributed by atoms with Gasteiger partial charge in [0.25, 0.3) is 0 Å². The van der Waals surface area contributed by atoms with E-state index in [-0.39, 0.29) is 12.0 Å². The second-order valence-electron chi connectivity index (χ2n) is 5.79. The molecular formula is C21H30O2. The number of phenols is 1. The van der Waals surface area contributed by atoms with Crippen LogP contribution >= 0.6 is 0 Å². The third-order valence-corrected chi connectivity index (χ3v) is 3.97. The lowest BCUT2D eigenvalue weighted by Gasteiger charge is -2.46. The molecule has 1 N–H and O–H groups in total. The van der Waals surface area contributed by atoms with E-state index in [1.165, 1.54) is 0 Å². The fraction of sp³-hybridized carbons (Fsp3) is 0.619. The van der Waals surface area contributed by atoms with Crippen molar-refractivity contribution in [1.29, 1.82) is 0 Å². The number of hydrogen-bond donors (Lipinski definition) is 1. The van der Waals surface area contributed by atoms with Crippen LogP contribution < -0.4 is 4.74 Å². The van der Waals surface area contributed by atoms with Gasteiger partial charge in [-0.3, -0.25) is 0 Å². The number of aryl methyl sites for hydroxylation is 1. The molecule has 3 rings (SSSR count). The summed E-state index contributed by atoms with van der Waals surface area (Å²) in [6.07, 6.45) is -5.31. The molecule has 0 radical (unpaired) electrons. The Morgan fingerprint density at radius 3 is 3.13 bits per heavy atom. The number of rotatable bonds is 4. The molecule has 23 heavy (non-hydrogen) atoms. The van der Waals surface area contributed by atoms with Crippen molar-refractivity contribution >= 4 is 0 Å². The van der Waals surface area contributed by atoms with E-state index in [9.17, 15) is 6.48 Å². The van der Waals surface area contributed by atoms with Crippen LogP contribution in [0.5, 0.6) is 11.5 Å². The molecule has 0 saturated carbocycles. The standard InChI is InChI=1S/C21H30O2/c1-5-6-7-8-15-12-18(22)20-16-11-14(2)9-10-17(16)21(3,4)23-19(20)13-15/h11-13,16-17,22H,5-10H2,1-4H3/t16-,17-/m1/s1/i2D3,3D3,4D3,8D2,10D2,11D,17D. The largest absolute Gasteiger partial charge is 0.507 e. The van der Waals surface area contributed by atoms with Crippen molar-refractivity contribution in [2.24, 2.45) is 5.89 Å². The maximum absolute atomic E-state index is 11.1. The number of fused-ring (bicyclic) bond motifs is 3. The highest BCUT2D eigenvalue weighted by Crippen LogP contribution is 2.53. The molecule has 126 valence electrons. The summed E-state index contributed by atoms with van der Waals surface area (Å²) in [4.78, 5) is 0. The van der Waals surface area contributed by atoms with E-state index in [1.54, 1.807) is 0 Å². The average molecular weight is 330 g/mol. The third kappa shape index (κ3) is 3.13. The number of phenolic OH excluding ortho intramolecular Hbond substituents is 1. The van der Waals surface area contributed by atoms with Crippen LogP contribution in [0.15, 0.2) is 23.8 Å². The molecule has 0 bridgehead atoms. The summed E-state index contributed by atoms with van der Waals surface area (Å²) >= 11 is 0. The summed E-state index contributed by atoms with van der Waals surface area (Å²) in [7, 11) is 0. The first-order chi connectivity index (χ1) is 16.9. The Morgan fingerprint density at radius 2 is 2.39 bits per heavy atom. The van der Waals surface area contributed by atoms with E-state index >= 15 is 0 Å². The topological polar surface area (TPSA) is 29.5 Å². The molecule has 1 aromatic rings. The second-order valence-corrected chi connectivity index (χ2v) is 5.79. The van der Waals surface area contributed by atoms with Crippen molar-refractivity contribution in [2.45, 2.75) is 77.4 Å². The Balaban J connectivity index is 2.55. The first-order valence-corrected chi connectivity index (χ1v) is 7.67. The lowest BCUT2D eigenvalue weighted by atomic mass is 9.68. The maximum atomic E-state index is 11.1. The number of aromatic hydroxyl groups is 1. The molecule has 2 heteroatoms. The van der Waals surface area contributed by atoms with Crippen molar-refractivity contribution in [2.75, 3.05) is 0 Å². The fourth-order valence-electron chi connectivity index (χ4n) is 2.85. The van der Waals surface area contributed by atoms with Crippen LogP contribution in [0.25, 0.3) is 0 Å². The highest BCUT2D eigenvalue weighted by Gasteiger charge is 2.45. The van der Waals surface area contributed by atoms with Gasteiger partial charge < -0.3 is 9.84 Å². The summed E-state index contributed by atoms with van der Waals surface area (Å²) < 4.78 is 130. The zero-order valence-electron chi connectivity index (χ0n) is 27.9. The molecule has 0 amide bonds. The summed E-state index contributed by atoms with van der Waals surface area (Å²) in [6, 6.07) is 1.06. The Morgan fingerprint density at radius 1 is 1.52 bits per heavy atom. The Bertz CT molecular complexity index is 1120. The van der Waals surface area contributed by atoms with Crippen LogP contribution in [-0.4, -0.2) is 10.7 Å². The van der Waals surface area contributed by atoms with Gasteiger partial charge in [0.1, 0.15) is 17.1 Å². The molecule has 0 spiro atoms. The average Bonchev–Trinajstić information content (AvgIpc) is 2.72. The van der Waals surface area contributed by atoms with Crippen LogP contribution in [0.1, 0.15) is 97.1 Å². The van der Waals surface area contributed by atoms with E-state index in [0.29, 0.717) is 12.8 Å². The molecule has 0 saturated heterocycles. The summed E-state index contributed by atoms with van der Waals surface area (Å²) in [6.45, 7) is -8.64. The predicted octanol–water partition coefficient (Wildman–Crippen LogP) is 5.74. The Labute approximate surface area is 161 Å². The second kappa shape index (κ2) is 6.22. The highest BCUT2D eigenvalue weighted by atomic mass is 16.5. The third-order valence-electron chi connectivity index (χ3n) is 3.97. The first kappa shape index (κ1) is 6.13. The van der Waals surface area contributed by atoms with E-state index in [2.05, 4.69) is 0 Å². The predicted molar refractivity (Wildman–Crippen MR) is 95.3 cm³/mol. The van der Waals surface area contributed by atoms with E-state index in [4.69, 9.17) is 23.9 Å². The lowest BCUT2D eigenvalue weighted by molar-refractivity contribution is 0.0107. The zero-order valence-corrected chi connectivity index (χ0v) is 12.9. The van der Waals surface area contributed by atoms with E-state index < -0.39 is 85.8 Å². The van der Waals surface area contributed by atoms with E-state index in [0.717, 1.165) is 12.1 Å². The van der Waals surface area contributed by atoms with Crippen LogP contribution in [0.2, 0.25) is 0 Å². The minimum absolute atomic E-state index is 0.00737. The van der Waals surface area contributed by atoms with Gasteiger partial charge in [-0.15, -0.1) is 0 Å². The highest BCUT2D eigenvalue weighted by molar-refractivity contribution is 5.53. The van der Waals surface area contributed by atoms with Crippen molar-refractivity contribution in [3.63, 3.8) is 0 Å². The molecule has 2 atom stereocenters. The maximum Gasteiger partial charge on any atom is 0.127 e. The van der Waals surface area contributed by atoms with E-state index in [1.807, 2.05) is 6.92 Å². The quantitative estimate of drug-likeness (QED) is 0.714. The molecule has 0 unspecified atom stereocenters. The van der Waals surface area contributed by atoms with Gasteiger partial charge in [-0.1, -0.05) is 31.4 Å². The SMILES string of the molecule is [2H]C1=C(C([2H])([2H])[2H])CC([2H])([2H])[C@]2([2H])[C@@H]1c1c(O)cc(C([2H])([2H])CCCC)cc1OC2(C([2H])([2H])[2H])C([2H])([2H])[2H]. The van der Waals surface area contributed by atoms with Gasteiger partial charge in [-0.05, 0) is 63.8 Å². The molecule has 1 heterocycles. The van der Waals surface area contributed by atoms with Gasteiger partial charge in [0, 0.05) is 36.6 Å². The van der Waals surface area contributed by atoms with Crippen molar-refractivity contribution in [1.82, 2.24) is 0 Å². The lowest BCUT2D eigenvalue weighted by Crippen LogP contribution is -2.45. The minimum Gasteiger partial charge on any atom is -0.507 e. The van der Waals surface area contributed by atoms with Gasteiger partial charge in [-0.25, -0.2) is 0 Å².